The second-order valence-electron chi connectivity index (χ2n) is 12.7. The Kier molecular flexibility index (Phi) is 6.14. The van der Waals surface area contributed by atoms with Crippen molar-refractivity contribution in [2.45, 2.75) is 110 Å². The normalized spacial score (nSPS) is 48.2. The van der Waals surface area contributed by atoms with Gasteiger partial charge in [-0.2, -0.15) is 13.2 Å². The number of aliphatic hydroxyl groups excluding tert-OH is 1. The van der Waals surface area contributed by atoms with Crippen molar-refractivity contribution >= 4 is 0 Å². The van der Waals surface area contributed by atoms with Crippen molar-refractivity contribution < 1.29 is 23.4 Å². The first kappa shape index (κ1) is 24.6. The Morgan fingerprint density at radius 3 is 2.22 bits per heavy atom. The average molecular weight is 457 g/mol. The fourth-order valence-electron chi connectivity index (χ4n) is 9.14. The van der Waals surface area contributed by atoms with E-state index in [4.69, 9.17) is 0 Å². The number of fused-ring (bicyclic) bond motifs is 5. The quantitative estimate of drug-likeness (QED) is 0.453. The van der Waals surface area contributed by atoms with Gasteiger partial charge in [-0.25, -0.2) is 0 Å². The minimum Gasteiger partial charge on any atom is -0.389 e. The van der Waals surface area contributed by atoms with Gasteiger partial charge < -0.3 is 10.2 Å². The SMILES string of the molecule is CC(C)=C[C@@H](O)[C@@H](C)[C@H]1CC[C@H]2[C@@H]3CC[C@@H]4C[C@@](O)(C(F)(F)F)CC[C@]4(C)[C@H]3CC[C@]12C. The fourth-order valence-corrected chi connectivity index (χ4v) is 9.14. The molecular formula is C27H43F3O2. The number of allylic oxidation sites excluding steroid dienone is 1. The molecule has 0 aromatic heterocycles. The van der Waals surface area contributed by atoms with Crippen molar-refractivity contribution in [1.29, 1.82) is 0 Å². The van der Waals surface area contributed by atoms with Crippen LogP contribution in [0.2, 0.25) is 0 Å². The van der Waals surface area contributed by atoms with Crippen LogP contribution in [0.3, 0.4) is 0 Å². The first-order valence-electron chi connectivity index (χ1n) is 12.8. The number of hydrogen-bond donors (Lipinski definition) is 2. The highest BCUT2D eigenvalue weighted by atomic mass is 19.4. The van der Waals surface area contributed by atoms with Gasteiger partial charge in [-0.1, -0.05) is 32.4 Å². The van der Waals surface area contributed by atoms with Crippen molar-refractivity contribution in [2.24, 2.45) is 46.3 Å². The van der Waals surface area contributed by atoms with Crippen molar-refractivity contribution in [2.75, 3.05) is 0 Å². The third-order valence-corrected chi connectivity index (χ3v) is 11.0. The van der Waals surface area contributed by atoms with Crippen LogP contribution in [0.1, 0.15) is 92.4 Å². The Balaban J connectivity index is 1.54. The molecule has 0 spiro atoms. The van der Waals surface area contributed by atoms with E-state index in [1.807, 2.05) is 19.9 Å². The Labute approximate surface area is 192 Å². The topological polar surface area (TPSA) is 40.5 Å². The van der Waals surface area contributed by atoms with Gasteiger partial charge in [0.25, 0.3) is 0 Å². The van der Waals surface area contributed by atoms with Gasteiger partial charge in [0, 0.05) is 0 Å². The number of alkyl halides is 3. The molecule has 0 heterocycles. The Morgan fingerprint density at radius 1 is 0.938 bits per heavy atom. The zero-order valence-electron chi connectivity index (χ0n) is 20.5. The smallest absolute Gasteiger partial charge is 0.389 e. The fraction of sp³-hybridized carbons (Fsp3) is 0.926. The Morgan fingerprint density at radius 2 is 1.59 bits per heavy atom. The first-order valence-corrected chi connectivity index (χ1v) is 12.8. The standard InChI is InChI=1S/C27H43F3O2/c1-16(2)14-23(31)17(3)20-8-9-21-19-7-6-18-15-26(32,27(28,29)30)13-12-24(18,4)22(19)10-11-25(20,21)5/h14,17-23,31-32H,6-13,15H2,1-5H3/t17-,18+,19-,20+,21-,22-,23+,24-,25+,26+/m0/s1. The molecular weight excluding hydrogens is 413 g/mol. The molecule has 4 saturated carbocycles. The van der Waals surface area contributed by atoms with E-state index in [0.717, 1.165) is 37.7 Å². The molecule has 4 fully saturated rings. The largest absolute Gasteiger partial charge is 0.417 e. The molecule has 0 amide bonds. The first-order chi connectivity index (χ1) is 14.7. The van der Waals surface area contributed by atoms with E-state index >= 15 is 0 Å². The Hall–Kier alpha value is -0.550. The summed E-state index contributed by atoms with van der Waals surface area (Å²) in [6.45, 7) is 10.9. The lowest BCUT2D eigenvalue weighted by molar-refractivity contribution is -0.290. The maximum atomic E-state index is 13.6. The summed E-state index contributed by atoms with van der Waals surface area (Å²) < 4.78 is 40.7. The molecule has 0 saturated heterocycles. The minimum absolute atomic E-state index is 0.0379. The third-order valence-electron chi connectivity index (χ3n) is 11.0. The molecule has 0 unspecified atom stereocenters. The highest BCUT2D eigenvalue weighted by Crippen LogP contribution is 2.69. The summed E-state index contributed by atoms with van der Waals surface area (Å²) in [6.07, 6.45) is 3.59. The maximum absolute atomic E-state index is 13.6. The van der Waals surface area contributed by atoms with E-state index < -0.39 is 17.9 Å². The highest BCUT2D eigenvalue weighted by Gasteiger charge is 2.65. The van der Waals surface area contributed by atoms with Crippen LogP contribution in [0, 0.1) is 46.3 Å². The molecule has 5 heteroatoms. The van der Waals surface area contributed by atoms with Gasteiger partial charge in [-0.3, -0.25) is 0 Å². The lowest BCUT2D eigenvalue weighted by Gasteiger charge is -2.62. The van der Waals surface area contributed by atoms with Gasteiger partial charge in [-0.05, 0) is 118 Å². The maximum Gasteiger partial charge on any atom is 0.417 e. The summed E-state index contributed by atoms with van der Waals surface area (Å²) >= 11 is 0. The number of aliphatic hydroxyl groups is 2. The van der Waals surface area contributed by atoms with Crippen molar-refractivity contribution in [3.63, 3.8) is 0 Å². The Bertz CT molecular complexity index is 744. The molecule has 0 aliphatic heterocycles. The van der Waals surface area contributed by atoms with Crippen LogP contribution in [0.15, 0.2) is 11.6 Å². The van der Waals surface area contributed by atoms with Crippen LogP contribution >= 0.6 is 0 Å². The number of rotatable bonds is 3. The van der Waals surface area contributed by atoms with Crippen molar-refractivity contribution in [1.82, 2.24) is 0 Å². The summed E-state index contributed by atoms with van der Waals surface area (Å²) in [5.74, 6) is 2.32. The van der Waals surface area contributed by atoms with Crippen LogP contribution < -0.4 is 0 Å². The van der Waals surface area contributed by atoms with Crippen LogP contribution in [0.5, 0.6) is 0 Å². The van der Waals surface area contributed by atoms with Crippen LogP contribution in [0.4, 0.5) is 13.2 Å². The molecule has 4 rings (SSSR count). The van der Waals surface area contributed by atoms with E-state index in [9.17, 15) is 23.4 Å². The van der Waals surface area contributed by atoms with Crippen LogP contribution in [-0.2, 0) is 0 Å². The summed E-state index contributed by atoms with van der Waals surface area (Å²) in [4.78, 5) is 0. The highest BCUT2D eigenvalue weighted by molar-refractivity contribution is 5.12. The molecule has 0 aromatic rings. The third kappa shape index (κ3) is 3.68. The van der Waals surface area contributed by atoms with Gasteiger partial charge in [0.1, 0.15) is 0 Å². The van der Waals surface area contributed by atoms with Gasteiger partial charge >= 0.3 is 6.18 Å². The zero-order chi connectivity index (χ0) is 23.7. The van der Waals surface area contributed by atoms with E-state index in [1.165, 1.54) is 6.42 Å². The van der Waals surface area contributed by atoms with Gasteiger partial charge in [0.15, 0.2) is 5.60 Å². The molecule has 32 heavy (non-hydrogen) atoms. The van der Waals surface area contributed by atoms with E-state index in [1.54, 1.807) is 0 Å². The van der Waals surface area contributed by atoms with Gasteiger partial charge in [0.05, 0.1) is 6.10 Å². The molecule has 0 bridgehead atoms. The predicted octanol–water partition coefficient (Wildman–Crippen LogP) is 6.90. The molecule has 0 aromatic carbocycles. The summed E-state index contributed by atoms with van der Waals surface area (Å²) in [5.41, 5.74) is -1.23. The monoisotopic (exact) mass is 456 g/mol. The second-order valence-corrected chi connectivity index (χ2v) is 12.7. The molecule has 184 valence electrons. The van der Waals surface area contributed by atoms with Gasteiger partial charge in [-0.15, -0.1) is 0 Å². The molecule has 10 atom stereocenters. The van der Waals surface area contributed by atoms with Crippen LogP contribution in [0.25, 0.3) is 0 Å². The number of hydrogen-bond acceptors (Lipinski definition) is 2. The minimum atomic E-state index is -4.53. The number of halogens is 3. The molecule has 2 nitrogen and oxygen atoms in total. The lowest BCUT2D eigenvalue weighted by atomic mass is 9.43. The predicted molar refractivity (Wildman–Crippen MR) is 121 cm³/mol. The van der Waals surface area contributed by atoms with Crippen molar-refractivity contribution in [3.05, 3.63) is 11.6 Å². The van der Waals surface area contributed by atoms with Crippen LogP contribution in [-0.4, -0.2) is 28.1 Å². The van der Waals surface area contributed by atoms with E-state index in [2.05, 4.69) is 20.8 Å². The summed E-state index contributed by atoms with van der Waals surface area (Å²) in [7, 11) is 0. The van der Waals surface area contributed by atoms with Crippen molar-refractivity contribution in [3.8, 4) is 0 Å². The van der Waals surface area contributed by atoms with E-state index in [0.29, 0.717) is 30.1 Å². The average Bonchev–Trinajstić information content (AvgIpc) is 3.03. The summed E-state index contributed by atoms with van der Waals surface area (Å²) in [5, 5.41) is 21.2. The molecule has 0 radical (unpaired) electrons. The zero-order valence-corrected chi connectivity index (χ0v) is 20.5. The van der Waals surface area contributed by atoms with E-state index in [-0.39, 0.29) is 35.5 Å². The molecule has 2 N–H and O–H groups in total. The molecule has 4 aliphatic carbocycles. The second kappa shape index (κ2) is 8.00. The lowest BCUT2D eigenvalue weighted by Crippen LogP contribution is -2.59. The van der Waals surface area contributed by atoms with Gasteiger partial charge in [0.2, 0.25) is 0 Å². The summed E-state index contributed by atoms with van der Waals surface area (Å²) in [6, 6.07) is 0. The molecule has 4 aliphatic rings.